The summed E-state index contributed by atoms with van der Waals surface area (Å²) in [4.78, 5) is 4.90. The third-order valence-electron chi connectivity index (χ3n) is 3.92. The molecule has 3 nitrogen and oxygen atoms in total. The van der Waals surface area contributed by atoms with E-state index < -0.39 is 0 Å². The predicted octanol–water partition coefficient (Wildman–Crippen LogP) is 2.24. The van der Waals surface area contributed by atoms with Gasteiger partial charge in [0.25, 0.3) is 0 Å². The molecule has 2 N–H and O–H groups in total. The molecule has 2 rings (SSSR count). The van der Waals surface area contributed by atoms with E-state index in [1.165, 1.54) is 11.3 Å². The Bertz CT molecular complexity index is 391. The number of nitrogens with two attached hydrogens (primary N) is 1. The van der Waals surface area contributed by atoms with Crippen LogP contribution >= 0.6 is 0 Å². The third-order valence-corrected chi connectivity index (χ3v) is 3.92. The zero-order valence-corrected chi connectivity index (χ0v) is 11.8. The molecular weight excluding hydrogens is 222 g/mol. The van der Waals surface area contributed by atoms with Gasteiger partial charge in [-0.3, -0.25) is 0 Å². The minimum atomic E-state index is 0.146. The highest BCUT2D eigenvalue weighted by atomic mass is 15.3. The lowest BCUT2D eigenvalue weighted by Crippen LogP contribution is -2.51. The molecule has 1 aliphatic heterocycles. The number of hydrogen-bond acceptors (Lipinski definition) is 3. The van der Waals surface area contributed by atoms with Gasteiger partial charge < -0.3 is 15.5 Å². The van der Waals surface area contributed by atoms with E-state index >= 15 is 0 Å². The summed E-state index contributed by atoms with van der Waals surface area (Å²) in [7, 11) is 2.19. The first-order chi connectivity index (χ1) is 8.63. The Labute approximate surface area is 111 Å². The maximum absolute atomic E-state index is 6.24. The maximum Gasteiger partial charge on any atom is 0.0417 e. The Morgan fingerprint density at radius 1 is 1.33 bits per heavy atom. The summed E-state index contributed by atoms with van der Waals surface area (Å²) in [6, 6.07) is 9.30. The first kappa shape index (κ1) is 13.4. The van der Waals surface area contributed by atoms with Gasteiger partial charge in [-0.25, -0.2) is 0 Å². The average molecular weight is 247 g/mol. The molecule has 18 heavy (non-hydrogen) atoms. The minimum absolute atomic E-state index is 0.146. The Balaban J connectivity index is 2.27. The van der Waals surface area contributed by atoms with Crippen molar-refractivity contribution in [3.05, 3.63) is 29.8 Å². The first-order valence-electron chi connectivity index (χ1n) is 6.93. The van der Waals surface area contributed by atoms with E-state index in [0.717, 1.165) is 26.1 Å². The highest BCUT2D eigenvalue weighted by molar-refractivity contribution is 5.56. The molecule has 1 saturated heterocycles. The van der Waals surface area contributed by atoms with Gasteiger partial charge in [0.05, 0.1) is 0 Å². The molecule has 1 aromatic rings. The molecule has 1 aromatic carbocycles. The fraction of sp³-hybridized carbons (Fsp3) is 0.600. The van der Waals surface area contributed by atoms with Crippen molar-refractivity contribution >= 4 is 5.69 Å². The standard InChI is InChI=1S/C15H25N3/c1-4-14(16)13-7-5-6-8-15(13)18-10-9-17(3)11-12(18)2/h5-8,12,14H,4,9-11,16H2,1-3H3. The zero-order valence-electron chi connectivity index (χ0n) is 11.8. The molecule has 3 heteroatoms. The quantitative estimate of drug-likeness (QED) is 0.889. The lowest BCUT2D eigenvalue weighted by molar-refractivity contribution is 0.275. The number of anilines is 1. The second-order valence-corrected chi connectivity index (χ2v) is 5.38. The van der Waals surface area contributed by atoms with E-state index in [0.29, 0.717) is 6.04 Å². The predicted molar refractivity (Wildman–Crippen MR) is 78.0 cm³/mol. The minimum Gasteiger partial charge on any atom is -0.366 e. The van der Waals surface area contributed by atoms with E-state index in [9.17, 15) is 0 Å². The molecule has 1 aliphatic rings. The normalized spacial score (nSPS) is 23.1. The Morgan fingerprint density at radius 3 is 2.72 bits per heavy atom. The van der Waals surface area contributed by atoms with Crippen molar-refractivity contribution in [1.82, 2.24) is 4.90 Å². The van der Waals surface area contributed by atoms with Crippen molar-refractivity contribution < 1.29 is 0 Å². The summed E-state index contributed by atoms with van der Waals surface area (Å²) in [6.07, 6.45) is 0.985. The second-order valence-electron chi connectivity index (χ2n) is 5.38. The second kappa shape index (κ2) is 5.72. The van der Waals surface area contributed by atoms with Gasteiger partial charge in [-0.2, -0.15) is 0 Å². The maximum atomic E-state index is 6.24. The number of nitrogens with zero attached hydrogens (tertiary/aromatic N) is 2. The lowest BCUT2D eigenvalue weighted by atomic mass is 10.0. The summed E-state index contributed by atoms with van der Waals surface area (Å²) >= 11 is 0. The average Bonchev–Trinajstić information content (AvgIpc) is 2.38. The van der Waals surface area contributed by atoms with E-state index in [4.69, 9.17) is 5.73 Å². The molecule has 2 atom stereocenters. The van der Waals surface area contributed by atoms with Gasteiger partial charge in [0.15, 0.2) is 0 Å². The number of piperazine rings is 1. The molecule has 0 radical (unpaired) electrons. The summed E-state index contributed by atoms with van der Waals surface area (Å²) in [6.45, 7) is 7.78. The van der Waals surface area contributed by atoms with E-state index in [1.807, 2.05) is 0 Å². The van der Waals surface area contributed by atoms with Crippen molar-refractivity contribution in [3.63, 3.8) is 0 Å². The molecule has 2 unspecified atom stereocenters. The molecule has 1 heterocycles. The van der Waals surface area contributed by atoms with Gasteiger partial charge in [-0.15, -0.1) is 0 Å². The van der Waals surface area contributed by atoms with Gasteiger partial charge in [-0.05, 0) is 32.0 Å². The van der Waals surface area contributed by atoms with Crippen molar-refractivity contribution in [1.29, 1.82) is 0 Å². The summed E-state index contributed by atoms with van der Waals surface area (Å²) in [5, 5.41) is 0. The number of hydrogen-bond donors (Lipinski definition) is 1. The van der Waals surface area contributed by atoms with E-state index in [-0.39, 0.29) is 6.04 Å². The highest BCUT2D eigenvalue weighted by Gasteiger charge is 2.24. The number of benzene rings is 1. The molecule has 100 valence electrons. The Hall–Kier alpha value is -1.06. The molecule has 1 fully saturated rings. The van der Waals surface area contributed by atoms with Gasteiger partial charge >= 0.3 is 0 Å². The Kier molecular flexibility index (Phi) is 4.25. The van der Waals surface area contributed by atoms with Crippen LogP contribution in [-0.4, -0.2) is 37.6 Å². The molecule has 0 aliphatic carbocycles. The van der Waals surface area contributed by atoms with Crippen LogP contribution < -0.4 is 10.6 Å². The smallest absolute Gasteiger partial charge is 0.0417 e. The first-order valence-corrected chi connectivity index (χ1v) is 6.93. The van der Waals surface area contributed by atoms with E-state index in [2.05, 4.69) is 55.0 Å². The van der Waals surface area contributed by atoms with Crippen molar-refractivity contribution in [2.24, 2.45) is 5.73 Å². The van der Waals surface area contributed by atoms with Gasteiger partial charge in [0, 0.05) is 37.4 Å². The van der Waals surface area contributed by atoms with Crippen LogP contribution in [0.2, 0.25) is 0 Å². The summed E-state index contributed by atoms with van der Waals surface area (Å²) in [5.41, 5.74) is 8.85. The largest absolute Gasteiger partial charge is 0.366 e. The number of likely N-dealkylation sites (N-methyl/N-ethyl adjacent to an activating group) is 1. The van der Waals surface area contributed by atoms with Crippen molar-refractivity contribution in [3.8, 4) is 0 Å². The van der Waals surface area contributed by atoms with Crippen LogP contribution in [0.15, 0.2) is 24.3 Å². The van der Waals surface area contributed by atoms with Crippen LogP contribution in [-0.2, 0) is 0 Å². The van der Waals surface area contributed by atoms with Crippen LogP contribution in [0.1, 0.15) is 31.9 Å². The summed E-state index contributed by atoms with van der Waals surface area (Å²) in [5.74, 6) is 0. The van der Waals surface area contributed by atoms with Gasteiger partial charge in [0.2, 0.25) is 0 Å². The fourth-order valence-corrected chi connectivity index (χ4v) is 2.78. The lowest BCUT2D eigenvalue weighted by Gasteiger charge is -2.41. The number of para-hydroxylation sites is 1. The van der Waals surface area contributed by atoms with Crippen LogP contribution in [0, 0.1) is 0 Å². The SMILES string of the molecule is CCC(N)c1ccccc1N1CCN(C)CC1C. The molecule has 0 amide bonds. The Morgan fingerprint density at radius 2 is 2.06 bits per heavy atom. The van der Waals surface area contributed by atoms with Crippen LogP contribution in [0.5, 0.6) is 0 Å². The molecule has 0 bridgehead atoms. The van der Waals surface area contributed by atoms with Gasteiger partial charge in [-0.1, -0.05) is 25.1 Å². The number of rotatable bonds is 3. The zero-order chi connectivity index (χ0) is 13.1. The molecular formula is C15H25N3. The molecule has 0 aromatic heterocycles. The molecule has 0 saturated carbocycles. The third kappa shape index (κ3) is 2.68. The molecule has 0 spiro atoms. The van der Waals surface area contributed by atoms with Gasteiger partial charge in [0.1, 0.15) is 0 Å². The van der Waals surface area contributed by atoms with Crippen LogP contribution in [0.25, 0.3) is 0 Å². The van der Waals surface area contributed by atoms with E-state index in [1.54, 1.807) is 0 Å². The highest BCUT2D eigenvalue weighted by Crippen LogP contribution is 2.29. The monoisotopic (exact) mass is 247 g/mol. The van der Waals surface area contributed by atoms with Crippen molar-refractivity contribution in [2.75, 3.05) is 31.6 Å². The van der Waals surface area contributed by atoms with Crippen molar-refractivity contribution in [2.45, 2.75) is 32.4 Å². The van der Waals surface area contributed by atoms with Crippen LogP contribution in [0.3, 0.4) is 0 Å². The topological polar surface area (TPSA) is 32.5 Å². The summed E-state index contributed by atoms with van der Waals surface area (Å²) < 4.78 is 0. The van der Waals surface area contributed by atoms with Crippen LogP contribution in [0.4, 0.5) is 5.69 Å². The fourth-order valence-electron chi connectivity index (χ4n) is 2.78.